The van der Waals surface area contributed by atoms with Gasteiger partial charge in [0.2, 0.25) is 0 Å². The number of aromatic nitrogens is 2. The molecule has 0 atom stereocenters. The number of benzene rings is 3. The van der Waals surface area contributed by atoms with E-state index in [1.807, 2.05) is 31.2 Å². The Morgan fingerprint density at radius 2 is 1.87 bits per heavy atom. The summed E-state index contributed by atoms with van der Waals surface area (Å²) >= 11 is 10.1. The van der Waals surface area contributed by atoms with Crippen LogP contribution in [0, 0.1) is 6.92 Å². The lowest BCUT2D eigenvalue weighted by Gasteiger charge is -2.17. The molecule has 0 amide bonds. The molecular weight excluding hydrogens is 582 g/mol. The fraction of sp³-hybridized carbons (Fsp3) is 0.233. The first-order valence-corrected chi connectivity index (χ1v) is 13.4. The minimum Gasteiger partial charge on any atom is -0.496 e. The third kappa shape index (κ3) is 5.58. The molecule has 7 nitrogen and oxygen atoms in total. The molecule has 0 aliphatic heterocycles. The predicted octanol–water partition coefficient (Wildman–Crippen LogP) is 7.38. The molecule has 202 valence electrons. The molecule has 39 heavy (non-hydrogen) atoms. The Labute approximate surface area is 240 Å². The van der Waals surface area contributed by atoms with Crippen molar-refractivity contribution in [1.29, 1.82) is 0 Å². The number of aryl methyl sites for hydroxylation is 1. The minimum absolute atomic E-state index is 0.191. The molecular formula is C30H29BrClN3O4. The van der Waals surface area contributed by atoms with Gasteiger partial charge in [0.15, 0.2) is 17.3 Å². The molecule has 0 unspecified atom stereocenters. The molecule has 0 saturated heterocycles. The maximum absolute atomic E-state index is 13.7. The quantitative estimate of drug-likeness (QED) is 0.146. The van der Waals surface area contributed by atoms with Crippen LogP contribution in [0.3, 0.4) is 0 Å². The van der Waals surface area contributed by atoms with Gasteiger partial charge in [-0.05, 0) is 70.2 Å². The van der Waals surface area contributed by atoms with Gasteiger partial charge >= 0.3 is 0 Å². The zero-order valence-corrected chi connectivity index (χ0v) is 24.8. The summed E-state index contributed by atoms with van der Waals surface area (Å²) in [7, 11) is 3.18. The van der Waals surface area contributed by atoms with Gasteiger partial charge in [-0.25, -0.2) is 4.98 Å². The molecule has 4 aromatic rings. The van der Waals surface area contributed by atoms with E-state index in [2.05, 4.69) is 41.5 Å². The van der Waals surface area contributed by atoms with Crippen molar-refractivity contribution in [3.05, 3.63) is 91.7 Å². The highest BCUT2D eigenvalue weighted by Crippen LogP contribution is 2.42. The van der Waals surface area contributed by atoms with E-state index in [0.717, 1.165) is 22.4 Å². The number of ether oxygens (including phenoxy) is 3. The van der Waals surface area contributed by atoms with E-state index < -0.39 is 0 Å². The van der Waals surface area contributed by atoms with Gasteiger partial charge < -0.3 is 14.2 Å². The topological polar surface area (TPSA) is 74.9 Å². The van der Waals surface area contributed by atoms with Gasteiger partial charge in [-0.2, -0.15) is 9.78 Å². The molecule has 0 spiro atoms. The number of nitrogens with zero attached hydrogens (tertiary/aromatic N) is 3. The van der Waals surface area contributed by atoms with Crippen molar-refractivity contribution < 1.29 is 14.2 Å². The zero-order chi connectivity index (χ0) is 28.3. The highest BCUT2D eigenvalue weighted by atomic mass is 79.9. The number of rotatable bonds is 9. The number of para-hydroxylation sites is 1. The summed E-state index contributed by atoms with van der Waals surface area (Å²) in [6, 6.07) is 12.9. The Bertz CT molecular complexity index is 1650. The highest BCUT2D eigenvalue weighted by Gasteiger charge is 2.20. The fourth-order valence-electron chi connectivity index (χ4n) is 4.22. The van der Waals surface area contributed by atoms with E-state index in [1.54, 1.807) is 37.6 Å². The maximum Gasteiger partial charge on any atom is 0.282 e. The Morgan fingerprint density at radius 1 is 1.15 bits per heavy atom. The van der Waals surface area contributed by atoms with E-state index in [1.165, 1.54) is 11.8 Å². The first kappa shape index (κ1) is 28.4. The standard InChI is InChI=1S/C30H29BrClN3O4/c1-7-12-39-28-25(38-6)14-19(26(31)27(28)32)16-33-35-29(34-23-11-9-8-10-20(23)30(35)36)22-15-21(17(2)3)24(37-5)13-18(22)4/h7-11,13-17H,1,12H2,2-6H3. The summed E-state index contributed by atoms with van der Waals surface area (Å²) in [5.74, 6) is 2.19. The Balaban J connectivity index is 1.96. The second-order valence-corrected chi connectivity index (χ2v) is 10.3. The molecule has 3 aromatic carbocycles. The number of fused-ring (bicyclic) bond motifs is 1. The summed E-state index contributed by atoms with van der Waals surface area (Å²) in [6.07, 6.45) is 3.16. The van der Waals surface area contributed by atoms with Crippen molar-refractivity contribution in [2.75, 3.05) is 20.8 Å². The van der Waals surface area contributed by atoms with Gasteiger partial charge in [0, 0.05) is 15.6 Å². The van der Waals surface area contributed by atoms with Crippen LogP contribution in [0.5, 0.6) is 17.2 Å². The number of hydrogen-bond donors (Lipinski definition) is 0. The monoisotopic (exact) mass is 609 g/mol. The molecule has 4 rings (SSSR count). The van der Waals surface area contributed by atoms with Gasteiger partial charge in [-0.3, -0.25) is 4.79 Å². The van der Waals surface area contributed by atoms with Crippen LogP contribution >= 0.6 is 27.5 Å². The zero-order valence-electron chi connectivity index (χ0n) is 22.4. The molecule has 0 aliphatic rings. The van der Waals surface area contributed by atoms with Gasteiger partial charge in [0.25, 0.3) is 5.56 Å². The Morgan fingerprint density at radius 3 is 2.54 bits per heavy atom. The van der Waals surface area contributed by atoms with Crippen molar-refractivity contribution in [3.63, 3.8) is 0 Å². The summed E-state index contributed by atoms with van der Waals surface area (Å²) < 4.78 is 18.7. The molecule has 1 aromatic heterocycles. The lowest BCUT2D eigenvalue weighted by Crippen LogP contribution is -2.21. The van der Waals surface area contributed by atoms with Crippen molar-refractivity contribution in [2.24, 2.45) is 5.10 Å². The van der Waals surface area contributed by atoms with Crippen LogP contribution in [-0.4, -0.2) is 36.7 Å². The van der Waals surface area contributed by atoms with Crippen molar-refractivity contribution >= 4 is 44.6 Å². The Kier molecular flexibility index (Phi) is 8.77. The third-order valence-electron chi connectivity index (χ3n) is 6.23. The van der Waals surface area contributed by atoms with Gasteiger partial charge in [-0.1, -0.05) is 50.2 Å². The van der Waals surface area contributed by atoms with Crippen LogP contribution < -0.4 is 19.8 Å². The first-order valence-electron chi connectivity index (χ1n) is 12.3. The van der Waals surface area contributed by atoms with Crippen molar-refractivity contribution in [3.8, 4) is 28.6 Å². The summed E-state index contributed by atoms with van der Waals surface area (Å²) in [5.41, 5.74) is 3.56. The summed E-state index contributed by atoms with van der Waals surface area (Å²) in [4.78, 5) is 18.6. The second kappa shape index (κ2) is 12.1. The van der Waals surface area contributed by atoms with Crippen molar-refractivity contribution in [1.82, 2.24) is 9.66 Å². The minimum atomic E-state index is -0.298. The molecule has 0 aliphatic carbocycles. The number of methoxy groups -OCH3 is 2. The van der Waals surface area contributed by atoms with E-state index in [-0.39, 0.29) is 18.1 Å². The first-order chi connectivity index (χ1) is 18.7. The Hall–Kier alpha value is -3.62. The van der Waals surface area contributed by atoms with E-state index >= 15 is 0 Å². The maximum atomic E-state index is 13.7. The molecule has 0 radical (unpaired) electrons. The lowest BCUT2D eigenvalue weighted by molar-refractivity contribution is 0.326. The third-order valence-corrected chi connectivity index (χ3v) is 7.67. The summed E-state index contributed by atoms with van der Waals surface area (Å²) in [5, 5.41) is 5.38. The molecule has 0 N–H and O–H groups in total. The number of halogens is 2. The van der Waals surface area contributed by atoms with Gasteiger partial charge in [0.05, 0.1) is 31.3 Å². The smallest absolute Gasteiger partial charge is 0.282 e. The molecule has 0 bridgehead atoms. The van der Waals surface area contributed by atoms with E-state index in [0.29, 0.717) is 43.3 Å². The van der Waals surface area contributed by atoms with Crippen molar-refractivity contribution in [2.45, 2.75) is 26.7 Å². The molecule has 1 heterocycles. The van der Waals surface area contributed by atoms with E-state index in [9.17, 15) is 4.79 Å². The predicted molar refractivity (Wildman–Crippen MR) is 161 cm³/mol. The van der Waals surface area contributed by atoms with Crippen LogP contribution in [0.1, 0.15) is 36.5 Å². The fourth-order valence-corrected chi connectivity index (χ4v) is 4.87. The normalized spacial score (nSPS) is 11.4. The van der Waals surface area contributed by atoms with Crippen LogP contribution in [0.4, 0.5) is 0 Å². The molecule has 0 fully saturated rings. The second-order valence-electron chi connectivity index (χ2n) is 9.10. The van der Waals surface area contributed by atoms with Gasteiger partial charge in [0.1, 0.15) is 17.4 Å². The summed E-state index contributed by atoms with van der Waals surface area (Å²) in [6.45, 7) is 10.1. The van der Waals surface area contributed by atoms with Crippen LogP contribution in [-0.2, 0) is 0 Å². The van der Waals surface area contributed by atoms with Crippen LogP contribution in [0.2, 0.25) is 5.02 Å². The number of hydrogen-bond acceptors (Lipinski definition) is 6. The lowest BCUT2D eigenvalue weighted by atomic mass is 9.96. The van der Waals surface area contributed by atoms with E-state index in [4.69, 9.17) is 30.8 Å². The SMILES string of the molecule is C=CCOc1c(OC)cc(C=Nn2c(-c3cc(C(C)C)c(OC)cc3C)nc3ccccc3c2=O)c(Br)c1Cl. The highest BCUT2D eigenvalue weighted by molar-refractivity contribution is 9.10. The molecule has 9 heteroatoms. The van der Waals surface area contributed by atoms with Crippen LogP contribution in [0.15, 0.2) is 69.5 Å². The largest absolute Gasteiger partial charge is 0.496 e. The van der Waals surface area contributed by atoms with Crippen LogP contribution in [0.25, 0.3) is 22.3 Å². The average molecular weight is 611 g/mol. The molecule has 0 saturated carbocycles. The average Bonchev–Trinajstić information content (AvgIpc) is 2.93. The van der Waals surface area contributed by atoms with Gasteiger partial charge in [-0.15, -0.1) is 0 Å².